The second-order valence-electron chi connectivity index (χ2n) is 6.02. The molecule has 0 spiro atoms. The molecule has 0 aliphatic carbocycles. The summed E-state index contributed by atoms with van der Waals surface area (Å²) in [4.78, 5) is 2.30. The van der Waals surface area contributed by atoms with Crippen LogP contribution in [-0.4, -0.2) is 50.5 Å². The van der Waals surface area contributed by atoms with Crippen LogP contribution in [0.1, 0.15) is 26.2 Å². The van der Waals surface area contributed by atoms with E-state index in [9.17, 15) is 8.42 Å². The molecule has 1 aromatic carbocycles. The Kier molecular flexibility index (Phi) is 6.48. The van der Waals surface area contributed by atoms with Crippen molar-refractivity contribution < 1.29 is 8.42 Å². The van der Waals surface area contributed by atoms with Crippen LogP contribution in [0.25, 0.3) is 10.9 Å². The summed E-state index contributed by atoms with van der Waals surface area (Å²) in [6, 6.07) is 5.87. The topological polar surface area (TPSA) is 78.1 Å². The van der Waals surface area contributed by atoms with Gasteiger partial charge in [-0.2, -0.15) is 5.10 Å². The fourth-order valence-electron chi connectivity index (χ4n) is 2.98. The minimum atomic E-state index is -3.32. The van der Waals surface area contributed by atoms with Gasteiger partial charge in [0.1, 0.15) is 0 Å². The number of H-pyrrole nitrogens is 1. The SMILES string of the molecule is CCCCCS(=O)(=O)c1n[nH]c2cc(N3CCNCC3)ccc12.Cl. The lowest BCUT2D eigenvalue weighted by atomic mass is 10.2. The van der Waals surface area contributed by atoms with Gasteiger partial charge >= 0.3 is 0 Å². The molecule has 2 heterocycles. The molecule has 0 saturated carbocycles. The maximum absolute atomic E-state index is 12.5. The first-order valence-corrected chi connectivity index (χ1v) is 9.93. The van der Waals surface area contributed by atoms with E-state index in [0.717, 1.165) is 50.2 Å². The van der Waals surface area contributed by atoms with Gasteiger partial charge in [-0.3, -0.25) is 5.10 Å². The Morgan fingerprint density at radius 3 is 2.67 bits per heavy atom. The number of anilines is 1. The van der Waals surface area contributed by atoms with Crippen molar-refractivity contribution in [2.45, 2.75) is 31.2 Å². The van der Waals surface area contributed by atoms with E-state index < -0.39 is 9.84 Å². The minimum absolute atomic E-state index is 0. The third kappa shape index (κ3) is 4.02. The molecule has 6 nitrogen and oxygen atoms in total. The van der Waals surface area contributed by atoms with Crippen LogP contribution in [0.3, 0.4) is 0 Å². The van der Waals surface area contributed by atoms with E-state index in [1.54, 1.807) is 0 Å². The summed E-state index contributed by atoms with van der Waals surface area (Å²) in [5.74, 6) is 0.167. The third-order valence-corrected chi connectivity index (χ3v) is 6.03. The molecule has 0 radical (unpaired) electrons. The number of hydrogen-bond acceptors (Lipinski definition) is 5. The van der Waals surface area contributed by atoms with E-state index in [1.807, 2.05) is 18.2 Å². The van der Waals surface area contributed by atoms with Crippen LogP contribution in [0.5, 0.6) is 0 Å². The molecule has 1 aliphatic rings. The Hall–Kier alpha value is -1.31. The molecule has 0 atom stereocenters. The Labute approximate surface area is 149 Å². The maximum atomic E-state index is 12.5. The van der Waals surface area contributed by atoms with Gasteiger partial charge in [-0.25, -0.2) is 8.42 Å². The highest BCUT2D eigenvalue weighted by Crippen LogP contribution is 2.26. The van der Waals surface area contributed by atoms with Gasteiger partial charge in [0.2, 0.25) is 0 Å². The van der Waals surface area contributed by atoms with Crippen molar-refractivity contribution in [3.05, 3.63) is 18.2 Å². The minimum Gasteiger partial charge on any atom is -0.369 e. The van der Waals surface area contributed by atoms with Gasteiger partial charge in [0.05, 0.1) is 11.3 Å². The lowest BCUT2D eigenvalue weighted by molar-refractivity contribution is 0.588. The van der Waals surface area contributed by atoms with E-state index >= 15 is 0 Å². The highest BCUT2D eigenvalue weighted by molar-refractivity contribution is 7.91. The summed E-state index contributed by atoms with van der Waals surface area (Å²) >= 11 is 0. The highest BCUT2D eigenvalue weighted by atomic mass is 35.5. The normalized spacial score (nSPS) is 15.5. The van der Waals surface area contributed by atoms with Crippen molar-refractivity contribution in [1.29, 1.82) is 0 Å². The van der Waals surface area contributed by atoms with Gasteiger partial charge in [-0.15, -0.1) is 12.4 Å². The molecule has 1 fully saturated rings. The fraction of sp³-hybridized carbons (Fsp3) is 0.562. The van der Waals surface area contributed by atoms with Crippen molar-refractivity contribution in [3.8, 4) is 0 Å². The van der Waals surface area contributed by atoms with Crippen molar-refractivity contribution in [1.82, 2.24) is 15.5 Å². The molecule has 0 unspecified atom stereocenters. The molecule has 134 valence electrons. The van der Waals surface area contributed by atoms with Gasteiger partial charge in [0.15, 0.2) is 14.9 Å². The average molecular weight is 373 g/mol. The number of hydrogen-bond donors (Lipinski definition) is 2. The van der Waals surface area contributed by atoms with Gasteiger partial charge in [-0.1, -0.05) is 19.8 Å². The highest BCUT2D eigenvalue weighted by Gasteiger charge is 2.21. The third-order valence-electron chi connectivity index (χ3n) is 4.30. The predicted molar refractivity (Wildman–Crippen MR) is 100 cm³/mol. The number of nitrogens with one attached hydrogen (secondary N) is 2. The summed E-state index contributed by atoms with van der Waals surface area (Å²) in [7, 11) is -3.32. The number of aromatic amines is 1. The first-order chi connectivity index (χ1) is 11.1. The molecular weight excluding hydrogens is 348 g/mol. The number of fused-ring (bicyclic) bond motifs is 1. The molecule has 3 rings (SSSR count). The fourth-order valence-corrected chi connectivity index (χ4v) is 4.45. The first kappa shape index (κ1) is 19.0. The number of rotatable bonds is 6. The van der Waals surface area contributed by atoms with Crippen molar-refractivity contribution >= 4 is 38.8 Å². The van der Waals surface area contributed by atoms with Gasteiger partial charge in [0.25, 0.3) is 0 Å². The number of aromatic nitrogens is 2. The summed E-state index contributed by atoms with van der Waals surface area (Å²) in [6.45, 7) is 5.92. The molecule has 1 aromatic heterocycles. The Bertz CT molecular complexity index is 769. The lowest BCUT2D eigenvalue weighted by Gasteiger charge is -2.29. The van der Waals surface area contributed by atoms with Crippen LogP contribution in [-0.2, 0) is 9.84 Å². The lowest BCUT2D eigenvalue weighted by Crippen LogP contribution is -2.43. The number of sulfone groups is 1. The molecule has 0 amide bonds. The van der Waals surface area contributed by atoms with E-state index in [4.69, 9.17) is 0 Å². The largest absolute Gasteiger partial charge is 0.369 e. The van der Waals surface area contributed by atoms with Crippen LogP contribution < -0.4 is 10.2 Å². The molecule has 8 heteroatoms. The van der Waals surface area contributed by atoms with Crippen LogP contribution in [0.2, 0.25) is 0 Å². The molecular formula is C16H25ClN4O2S. The summed E-state index contributed by atoms with van der Waals surface area (Å²) in [5.41, 5.74) is 1.90. The molecule has 1 saturated heterocycles. The van der Waals surface area contributed by atoms with Gasteiger partial charge < -0.3 is 10.2 Å². The van der Waals surface area contributed by atoms with Crippen molar-refractivity contribution in [2.24, 2.45) is 0 Å². The quantitative estimate of drug-likeness (QED) is 0.761. The number of unbranched alkanes of at least 4 members (excludes halogenated alkanes) is 2. The van der Waals surface area contributed by atoms with E-state index in [0.29, 0.717) is 11.8 Å². The Morgan fingerprint density at radius 2 is 1.96 bits per heavy atom. The zero-order chi connectivity index (χ0) is 16.3. The Balaban J connectivity index is 0.00000208. The molecule has 0 bridgehead atoms. The second-order valence-corrected chi connectivity index (χ2v) is 8.05. The van der Waals surface area contributed by atoms with Crippen LogP contribution >= 0.6 is 12.4 Å². The standard InChI is InChI=1S/C16H24N4O2S.ClH/c1-2-3-4-11-23(21,22)16-14-6-5-13(12-15(14)18-19-16)20-9-7-17-8-10-20;/h5-6,12,17H,2-4,7-11H2,1H3,(H,18,19);1H. The smallest absolute Gasteiger partial charge is 0.198 e. The van der Waals surface area contributed by atoms with Crippen molar-refractivity contribution in [3.63, 3.8) is 0 Å². The molecule has 24 heavy (non-hydrogen) atoms. The predicted octanol–water partition coefficient (Wildman–Crippen LogP) is 2.36. The van der Waals surface area contributed by atoms with Crippen molar-refractivity contribution in [2.75, 3.05) is 36.8 Å². The number of nitrogens with zero attached hydrogens (tertiary/aromatic N) is 2. The first-order valence-electron chi connectivity index (χ1n) is 8.28. The van der Waals surface area contributed by atoms with Crippen LogP contribution in [0.4, 0.5) is 5.69 Å². The van der Waals surface area contributed by atoms with Gasteiger partial charge in [-0.05, 0) is 24.6 Å². The number of halogens is 1. The number of benzene rings is 1. The zero-order valence-corrected chi connectivity index (χ0v) is 15.5. The van der Waals surface area contributed by atoms with Crippen LogP contribution in [0, 0.1) is 0 Å². The number of piperazine rings is 1. The monoisotopic (exact) mass is 372 g/mol. The Morgan fingerprint density at radius 1 is 1.21 bits per heavy atom. The summed E-state index contributed by atoms with van der Waals surface area (Å²) in [6.07, 6.45) is 2.62. The van der Waals surface area contributed by atoms with E-state index in [-0.39, 0.29) is 23.2 Å². The van der Waals surface area contributed by atoms with E-state index in [2.05, 4.69) is 27.3 Å². The van der Waals surface area contributed by atoms with Gasteiger partial charge in [0, 0.05) is 37.3 Å². The molecule has 2 aromatic rings. The average Bonchev–Trinajstić information content (AvgIpc) is 3.00. The molecule has 1 aliphatic heterocycles. The van der Waals surface area contributed by atoms with Crippen LogP contribution in [0.15, 0.2) is 23.2 Å². The summed E-state index contributed by atoms with van der Waals surface area (Å²) < 4.78 is 24.9. The zero-order valence-electron chi connectivity index (χ0n) is 13.9. The maximum Gasteiger partial charge on any atom is 0.198 e. The van der Waals surface area contributed by atoms with E-state index in [1.165, 1.54) is 0 Å². The second kappa shape index (κ2) is 8.18. The molecule has 2 N–H and O–H groups in total. The summed E-state index contributed by atoms with van der Waals surface area (Å²) in [5, 5.41) is 11.2.